The summed E-state index contributed by atoms with van der Waals surface area (Å²) < 4.78 is 0. The van der Waals surface area contributed by atoms with Crippen molar-refractivity contribution >= 4 is 35.6 Å². The molecule has 0 saturated heterocycles. The lowest BCUT2D eigenvalue weighted by molar-refractivity contribution is -0.138. The van der Waals surface area contributed by atoms with Gasteiger partial charge < -0.3 is 31.5 Å². The van der Waals surface area contributed by atoms with E-state index in [4.69, 9.17) is 10.2 Å². The molecular weight excluding hydrogens is 544 g/mol. The molecule has 0 spiro atoms. The maximum absolute atomic E-state index is 11.9. The van der Waals surface area contributed by atoms with Crippen molar-refractivity contribution in [3.8, 4) is 0 Å². The summed E-state index contributed by atoms with van der Waals surface area (Å²) in [6, 6.07) is 0. The molecular formula is C30H54N4O8. The summed E-state index contributed by atoms with van der Waals surface area (Å²) in [5.74, 6) is -1.64. The fraction of sp³-hybridized carbons (Fsp3) is 0.800. The van der Waals surface area contributed by atoms with Crippen molar-refractivity contribution in [2.24, 2.45) is 0 Å². The van der Waals surface area contributed by atoms with Gasteiger partial charge in [-0.2, -0.15) is 0 Å². The lowest BCUT2D eigenvalue weighted by Gasteiger charge is -2.07. The first kappa shape index (κ1) is 38.8. The van der Waals surface area contributed by atoms with E-state index in [0.29, 0.717) is 77.5 Å². The molecule has 4 amide bonds. The van der Waals surface area contributed by atoms with Crippen LogP contribution in [-0.2, 0) is 28.8 Å². The number of rotatable bonds is 29. The highest BCUT2D eigenvalue weighted by molar-refractivity contribution is 5.77. The molecule has 12 nitrogen and oxygen atoms in total. The molecule has 0 unspecified atom stereocenters. The number of carboxylic acids is 2. The Morgan fingerprint density at radius 3 is 0.762 bits per heavy atom. The van der Waals surface area contributed by atoms with E-state index in [1.165, 1.54) is 0 Å². The number of hydrogen-bond acceptors (Lipinski definition) is 6. The third kappa shape index (κ3) is 29.8. The van der Waals surface area contributed by atoms with Gasteiger partial charge in [0.15, 0.2) is 0 Å². The van der Waals surface area contributed by atoms with Crippen LogP contribution in [0.1, 0.15) is 128 Å². The van der Waals surface area contributed by atoms with Crippen LogP contribution in [0.15, 0.2) is 0 Å². The Morgan fingerprint density at radius 1 is 0.310 bits per heavy atom. The predicted octanol–water partition coefficient (Wildman–Crippen LogP) is 3.42. The first-order valence-corrected chi connectivity index (χ1v) is 15.7. The molecule has 42 heavy (non-hydrogen) atoms. The Labute approximate surface area is 250 Å². The van der Waals surface area contributed by atoms with E-state index in [1.54, 1.807) is 0 Å². The molecule has 0 atom stereocenters. The summed E-state index contributed by atoms with van der Waals surface area (Å²) in [6.45, 7) is 2.28. The quantitative estimate of drug-likeness (QED) is 0.0706. The summed E-state index contributed by atoms with van der Waals surface area (Å²) in [5.41, 5.74) is 0. The van der Waals surface area contributed by atoms with Crippen molar-refractivity contribution in [3.05, 3.63) is 0 Å². The number of amides is 4. The van der Waals surface area contributed by atoms with Crippen molar-refractivity contribution in [3.63, 3.8) is 0 Å². The Hall–Kier alpha value is -3.18. The van der Waals surface area contributed by atoms with Gasteiger partial charge in [-0.05, 0) is 64.2 Å². The van der Waals surface area contributed by atoms with Crippen molar-refractivity contribution in [1.82, 2.24) is 21.3 Å². The minimum atomic E-state index is -0.794. The third-order valence-electron chi connectivity index (χ3n) is 6.64. The minimum Gasteiger partial charge on any atom is -0.481 e. The van der Waals surface area contributed by atoms with Crippen LogP contribution in [0.4, 0.5) is 0 Å². The lowest BCUT2D eigenvalue weighted by atomic mass is 10.1. The second-order valence-corrected chi connectivity index (χ2v) is 10.6. The number of hydrogen-bond donors (Lipinski definition) is 6. The van der Waals surface area contributed by atoms with E-state index >= 15 is 0 Å². The highest BCUT2D eigenvalue weighted by Gasteiger charge is 2.06. The molecule has 0 aromatic rings. The minimum absolute atomic E-state index is 0.00123. The highest BCUT2D eigenvalue weighted by atomic mass is 16.4. The van der Waals surface area contributed by atoms with Gasteiger partial charge in [0.05, 0.1) is 0 Å². The number of carbonyl (C=O) groups is 6. The summed E-state index contributed by atoms with van der Waals surface area (Å²) in [4.78, 5) is 68.3. The summed E-state index contributed by atoms with van der Waals surface area (Å²) in [6.07, 6.45) is 12.5. The van der Waals surface area contributed by atoms with Gasteiger partial charge in [-0.1, -0.05) is 25.7 Å². The molecule has 0 bridgehead atoms. The standard InChI is InChI=1S/C30H54N4O8/c35-25(31-23-13-3-7-19-29(39)40)15-5-1-11-21-33-27(37)17-9-10-18-28(38)34-22-12-2-6-16-26(36)32-24-14-4-8-20-30(41)42/h1-24H2,(H,31,35)(H,32,36)(H,33,37)(H,34,38)(H,39,40)(H,41,42). The maximum Gasteiger partial charge on any atom is 0.303 e. The summed E-state index contributed by atoms with van der Waals surface area (Å²) in [5, 5.41) is 28.6. The van der Waals surface area contributed by atoms with Gasteiger partial charge >= 0.3 is 11.9 Å². The molecule has 0 aromatic carbocycles. The predicted molar refractivity (Wildman–Crippen MR) is 160 cm³/mol. The van der Waals surface area contributed by atoms with Crippen LogP contribution in [0.3, 0.4) is 0 Å². The number of nitrogens with one attached hydrogen (secondary N) is 4. The van der Waals surface area contributed by atoms with Gasteiger partial charge in [0, 0.05) is 64.7 Å². The van der Waals surface area contributed by atoms with Gasteiger partial charge in [0.1, 0.15) is 0 Å². The van der Waals surface area contributed by atoms with Crippen molar-refractivity contribution in [1.29, 1.82) is 0 Å². The molecule has 242 valence electrons. The lowest BCUT2D eigenvalue weighted by Crippen LogP contribution is -2.26. The fourth-order valence-electron chi connectivity index (χ4n) is 4.17. The number of unbranched alkanes of at least 4 members (excludes halogenated alkanes) is 9. The Balaban J connectivity index is 3.46. The molecule has 0 aliphatic heterocycles. The van der Waals surface area contributed by atoms with E-state index in [9.17, 15) is 28.8 Å². The van der Waals surface area contributed by atoms with E-state index in [1.807, 2.05) is 0 Å². The normalized spacial score (nSPS) is 10.6. The molecule has 0 fully saturated rings. The van der Waals surface area contributed by atoms with Gasteiger partial charge in [0.25, 0.3) is 0 Å². The second kappa shape index (κ2) is 28.0. The van der Waals surface area contributed by atoms with Gasteiger partial charge in [-0.15, -0.1) is 0 Å². The highest BCUT2D eigenvalue weighted by Crippen LogP contribution is 2.04. The zero-order chi connectivity index (χ0) is 31.3. The van der Waals surface area contributed by atoms with Crippen LogP contribution in [-0.4, -0.2) is 72.0 Å². The summed E-state index contributed by atoms with van der Waals surface area (Å²) >= 11 is 0. The van der Waals surface area contributed by atoms with Gasteiger partial charge in [0.2, 0.25) is 23.6 Å². The largest absolute Gasteiger partial charge is 0.481 e. The maximum atomic E-state index is 11.9. The monoisotopic (exact) mass is 598 g/mol. The average molecular weight is 599 g/mol. The van der Waals surface area contributed by atoms with Crippen molar-refractivity contribution in [2.75, 3.05) is 26.2 Å². The zero-order valence-corrected chi connectivity index (χ0v) is 25.3. The van der Waals surface area contributed by atoms with E-state index in [-0.39, 0.29) is 36.5 Å². The Bertz CT molecular complexity index is 727. The number of carboxylic acid groups (broad SMARTS) is 2. The molecule has 6 N–H and O–H groups in total. The van der Waals surface area contributed by atoms with Crippen LogP contribution in [0, 0.1) is 0 Å². The SMILES string of the molecule is O=C(O)CCCCCNC(=O)CCCCCNC(=O)CCCCC(=O)NCCCCCC(=O)NCCCCCC(=O)O. The van der Waals surface area contributed by atoms with E-state index in [0.717, 1.165) is 64.2 Å². The molecule has 0 radical (unpaired) electrons. The number of carbonyl (C=O) groups excluding carboxylic acids is 4. The Kier molecular flexibility index (Phi) is 25.8. The molecule has 0 saturated carbocycles. The average Bonchev–Trinajstić information content (AvgIpc) is 2.94. The zero-order valence-electron chi connectivity index (χ0n) is 25.3. The molecule has 0 aliphatic rings. The molecule has 0 rings (SSSR count). The molecule has 12 heteroatoms. The topological polar surface area (TPSA) is 191 Å². The van der Waals surface area contributed by atoms with E-state index in [2.05, 4.69) is 21.3 Å². The van der Waals surface area contributed by atoms with Crippen molar-refractivity contribution in [2.45, 2.75) is 128 Å². The first-order valence-electron chi connectivity index (χ1n) is 15.7. The van der Waals surface area contributed by atoms with Crippen molar-refractivity contribution < 1.29 is 39.0 Å². The summed E-state index contributed by atoms with van der Waals surface area (Å²) in [7, 11) is 0. The van der Waals surface area contributed by atoms with Crippen LogP contribution >= 0.6 is 0 Å². The smallest absolute Gasteiger partial charge is 0.303 e. The Morgan fingerprint density at radius 2 is 0.524 bits per heavy atom. The van der Waals surface area contributed by atoms with Gasteiger partial charge in [-0.3, -0.25) is 28.8 Å². The van der Waals surface area contributed by atoms with Crippen LogP contribution in [0.2, 0.25) is 0 Å². The third-order valence-corrected chi connectivity index (χ3v) is 6.64. The van der Waals surface area contributed by atoms with Crippen LogP contribution in [0.5, 0.6) is 0 Å². The molecule has 0 aromatic heterocycles. The first-order chi connectivity index (χ1) is 20.2. The van der Waals surface area contributed by atoms with Crippen LogP contribution in [0.25, 0.3) is 0 Å². The second-order valence-electron chi connectivity index (χ2n) is 10.6. The van der Waals surface area contributed by atoms with Crippen LogP contribution < -0.4 is 21.3 Å². The van der Waals surface area contributed by atoms with Gasteiger partial charge in [-0.25, -0.2) is 0 Å². The molecule has 0 aliphatic carbocycles. The fourth-order valence-corrected chi connectivity index (χ4v) is 4.17. The number of aliphatic carboxylic acids is 2. The van der Waals surface area contributed by atoms with E-state index < -0.39 is 11.9 Å². The molecule has 0 heterocycles.